The molecule has 0 spiro atoms. The quantitative estimate of drug-likeness (QED) is 0.300. The van der Waals surface area contributed by atoms with Crippen LogP contribution in [0, 0.1) is 21.4 Å². The monoisotopic (exact) mass is 372 g/mol. The van der Waals surface area contributed by atoms with Crippen LogP contribution in [-0.4, -0.2) is 14.9 Å². The molecule has 2 aromatic carbocycles. The predicted molar refractivity (Wildman–Crippen MR) is 106 cm³/mol. The molecule has 1 N–H and O–H groups in total. The molecule has 0 unspecified atom stereocenters. The number of para-hydroxylation sites is 3. The number of nitro groups is 1. The molecule has 130 valence electrons. The summed E-state index contributed by atoms with van der Waals surface area (Å²) in [6, 6.07) is 20.0. The Hall–Kier alpha value is -3.76. The molecule has 0 radical (unpaired) electrons. The Morgan fingerprint density at radius 3 is 2.70 bits per heavy atom. The average Bonchev–Trinajstić information content (AvgIpc) is 3.32. The topological polar surface area (TPSA) is 95.6 Å². The molecule has 0 saturated carbocycles. The molecule has 0 saturated heterocycles. The van der Waals surface area contributed by atoms with E-state index in [1.807, 2.05) is 36.4 Å². The van der Waals surface area contributed by atoms with Crippen molar-refractivity contribution >= 4 is 39.7 Å². The highest BCUT2D eigenvalue weighted by atomic mass is 32.1. The highest BCUT2D eigenvalue weighted by Gasteiger charge is 2.16. The molecule has 0 bridgehead atoms. The molecule has 0 amide bonds. The third-order valence-electron chi connectivity index (χ3n) is 4.04. The van der Waals surface area contributed by atoms with Crippen LogP contribution in [-0.2, 0) is 0 Å². The van der Waals surface area contributed by atoms with Gasteiger partial charge in [-0.25, -0.2) is 4.98 Å². The van der Waals surface area contributed by atoms with Crippen molar-refractivity contribution in [2.75, 3.05) is 0 Å². The van der Waals surface area contributed by atoms with Crippen LogP contribution in [0.15, 0.2) is 60.7 Å². The van der Waals surface area contributed by atoms with E-state index in [9.17, 15) is 15.4 Å². The zero-order chi connectivity index (χ0) is 18.8. The summed E-state index contributed by atoms with van der Waals surface area (Å²) in [7, 11) is 0. The number of fused-ring (bicyclic) bond motifs is 1. The van der Waals surface area contributed by atoms with Crippen molar-refractivity contribution in [2.45, 2.75) is 0 Å². The molecule has 6 nitrogen and oxygen atoms in total. The zero-order valence-corrected chi connectivity index (χ0v) is 14.7. The molecule has 4 rings (SSSR count). The lowest BCUT2D eigenvalue weighted by molar-refractivity contribution is -0.384. The van der Waals surface area contributed by atoms with E-state index in [0.717, 1.165) is 20.8 Å². The molecule has 0 aliphatic carbocycles. The first-order valence-corrected chi connectivity index (χ1v) is 8.88. The van der Waals surface area contributed by atoms with Gasteiger partial charge in [-0.15, -0.1) is 11.3 Å². The lowest BCUT2D eigenvalue weighted by atomic mass is 10.1. The third kappa shape index (κ3) is 3.21. The van der Waals surface area contributed by atoms with E-state index in [1.54, 1.807) is 24.3 Å². The second-order valence-electron chi connectivity index (χ2n) is 5.75. The number of aromatic amines is 1. The normalized spacial score (nSPS) is 11.4. The molecule has 0 atom stereocenters. The van der Waals surface area contributed by atoms with E-state index in [-0.39, 0.29) is 10.6 Å². The van der Waals surface area contributed by atoms with E-state index >= 15 is 0 Å². The van der Waals surface area contributed by atoms with Crippen LogP contribution in [0.2, 0.25) is 0 Å². The summed E-state index contributed by atoms with van der Waals surface area (Å²) in [4.78, 5) is 20.0. The fourth-order valence-electron chi connectivity index (χ4n) is 2.79. The number of H-pyrrole nitrogens is 1. The van der Waals surface area contributed by atoms with Gasteiger partial charge in [-0.1, -0.05) is 24.3 Å². The highest BCUT2D eigenvalue weighted by molar-refractivity contribution is 7.16. The van der Waals surface area contributed by atoms with E-state index in [0.29, 0.717) is 17.0 Å². The van der Waals surface area contributed by atoms with Gasteiger partial charge in [-0.3, -0.25) is 10.1 Å². The molecule has 4 aromatic rings. The minimum Gasteiger partial charge on any atom is -0.337 e. The summed E-state index contributed by atoms with van der Waals surface area (Å²) in [6.45, 7) is 0. The molecular weight excluding hydrogens is 360 g/mol. The van der Waals surface area contributed by atoms with Crippen LogP contribution in [0.25, 0.3) is 33.1 Å². The molecule has 7 heteroatoms. The second-order valence-corrected chi connectivity index (χ2v) is 6.86. The minimum atomic E-state index is -0.389. The summed E-state index contributed by atoms with van der Waals surface area (Å²) in [5.74, 6) is 0.499. The van der Waals surface area contributed by atoms with E-state index < -0.39 is 0 Å². The van der Waals surface area contributed by atoms with E-state index in [4.69, 9.17) is 0 Å². The van der Waals surface area contributed by atoms with Gasteiger partial charge in [0.25, 0.3) is 5.69 Å². The first-order valence-electron chi connectivity index (χ1n) is 8.06. The molecule has 2 aromatic heterocycles. The lowest BCUT2D eigenvalue weighted by Gasteiger charge is -1.98. The number of nitro benzene ring substituents is 1. The number of nitriles is 1. The first kappa shape index (κ1) is 16.7. The Kier molecular flexibility index (Phi) is 4.24. The van der Waals surface area contributed by atoms with Crippen molar-refractivity contribution in [3.8, 4) is 16.5 Å². The van der Waals surface area contributed by atoms with Crippen molar-refractivity contribution in [1.82, 2.24) is 9.97 Å². The van der Waals surface area contributed by atoms with Crippen LogP contribution in [0.3, 0.4) is 0 Å². The number of hydrogen-bond donors (Lipinski definition) is 1. The zero-order valence-electron chi connectivity index (χ0n) is 13.9. The van der Waals surface area contributed by atoms with Crippen molar-refractivity contribution in [2.24, 2.45) is 0 Å². The number of benzene rings is 2. The van der Waals surface area contributed by atoms with Crippen molar-refractivity contribution < 1.29 is 4.92 Å². The number of rotatable bonds is 4. The molecule has 27 heavy (non-hydrogen) atoms. The smallest absolute Gasteiger partial charge is 0.278 e. The third-order valence-corrected chi connectivity index (χ3v) is 5.11. The molecule has 0 aliphatic heterocycles. The maximum Gasteiger partial charge on any atom is 0.278 e. The van der Waals surface area contributed by atoms with Crippen molar-refractivity contribution in [3.63, 3.8) is 0 Å². The highest BCUT2D eigenvalue weighted by Crippen LogP contribution is 2.35. The van der Waals surface area contributed by atoms with Gasteiger partial charge in [-0.2, -0.15) is 5.26 Å². The summed E-state index contributed by atoms with van der Waals surface area (Å²) in [5, 5.41) is 20.8. The summed E-state index contributed by atoms with van der Waals surface area (Å²) in [5.41, 5.74) is 2.69. The van der Waals surface area contributed by atoms with Gasteiger partial charge in [0, 0.05) is 15.8 Å². The van der Waals surface area contributed by atoms with Gasteiger partial charge in [0.2, 0.25) is 0 Å². The Bertz CT molecular complexity index is 1200. The van der Waals surface area contributed by atoms with Crippen molar-refractivity contribution in [1.29, 1.82) is 5.26 Å². The largest absolute Gasteiger partial charge is 0.337 e. The Morgan fingerprint density at radius 1 is 1.15 bits per heavy atom. The number of nitrogens with one attached hydrogen (secondary N) is 1. The SMILES string of the molecule is N#C/C(=C\c1ccc(-c2ccccc2[N+](=O)[O-])s1)c1nc2ccccc2[nH]1. The maximum absolute atomic E-state index is 11.2. The fraction of sp³-hybridized carbons (Fsp3) is 0. The fourth-order valence-corrected chi connectivity index (χ4v) is 3.78. The molecular formula is C20H12N4O2S. The van der Waals surface area contributed by atoms with Gasteiger partial charge in [0.05, 0.1) is 27.1 Å². The number of imidazole rings is 1. The molecule has 2 heterocycles. The number of aromatic nitrogens is 2. The van der Waals surface area contributed by atoms with Crippen LogP contribution in [0.1, 0.15) is 10.7 Å². The maximum atomic E-state index is 11.2. The Labute approximate surface area is 158 Å². The number of thiophene rings is 1. The first-order chi connectivity index (χ1) is 13.2. The van der Waals surface area contributed by atoms with Gasteiger partial charge in [0.15, 0.2) is 0 Å². The number of nitrogens with zero attached hydrogens (tertiary/aromatic N) is 3. The van der Waals surface area contributed by atoms with Gasteiger partial charge in [-0.05, 0) is 36.4 Å². The lowest BCUT2D eigenvalue weighted by Crippen LogP contribution is -1.89. The van der Waals surface area contributed by atoms with Crippen LogP contribution in [0.5, 0.6) is 0 Å². The van der Waals surface area contributed by atoms with E-state index in [2.05, 4.69) is 16.0 Å². The molecule has 0 aliphatic rings. The Morgan fingerprint density at radius 2 is 1.93 bits per heavy atom. The predicted octanol–water partition coefficient (Wildman–Crippen LogP) is 5.26. The number of hydrogen-bond acceptors (Lipinski definition) is 5. The standard InChI is InChI=1S/C20H12N4O2S/c21-12-13(20-22-16-6-2-3-7-17(16)23-20)11-14-9-10-19(27-14)15-5-1-4-8-18(15)24(25)26/h1-11H,(H,22,23)/b13-11+. The van der Waals surface area contributed by atoms with Crippen molar-refractivity contribution in [3.05, 3.63) is 81.5 Å². The Balaban J connectivity index is 1.72. The summed E-state index contributed by atoms with van der Waals surface area (Å²) in [6.07, 6.45) is 1.74. The summed E-state index contributed by atoms with van der Waals surface area (Å²) >= 11 is 1.39. The average molecular weight is 372 g/mol. The van der Waals surface area contributed by atoms with Crippen LogP contribution in [0.4, 0.5) is 5.69 Å². The van der Waals surface area contributed by atoms with E-state index in [1.165, 1.54) is 17.4 Å². The van der Waals surface area contributed by atoms with Gasteiger partial charge >= 0.3 is 0 Å². The van der Waals surface area contributed by atoms with Crippen LogP contribution < -0.4 is 0 Å². The van der Waals surface area contributed by atoms with Gasteiger partial charge < -0.3 is 4.98 Å². The number of allylic oxidation sites excluding steroid dienone is 1. The van der Waals surface area contributed by atoms with Crippen LogP contribution >= 0.6 is 11.3 Å². The molecule has 0 fully saturated rings. The second kappa shape index (κ2) is 6.86. The van der Waals surface area contributed by atoms with Gasteiger partial charge in [0.1, 0.15) is 11.9 Å². The minimum absolute atomic E-state index is 0.0627. The summed E-state index contributed by atoms with van der Waals surface area (Å²) < 4.78 is 0.